The molecule has 1 N–H and O–H groups in total. The first kappa shape index (κ1) is 22.6. The first-order valence-corrected chi connectivity index (χ1v) is 12.9. The molecule has 4 aliphatic carbocycles. The highest BCUT2D eigenvalue weighted by Crippen LogP contribution is 2.61. The van der Waals surface area contributed by atoms with Crippen LogP contribution in [0, 0.1) is 39.2 Å². The zero-order chi connectivity index (χ0) is 24.9. The highest BCUT2D eigenvalue weighted by molar-refractivity contribution is 7.15. The Hall–Kier alpha value is -3.84. The Morgan fingerprint density at radius 1 is 1.17 bits per heavy atom. The lowest BCUT2D eigenvalue weighted by Gasteiger charge is -2.55. The van der Waals surface area contributed by atoms with Crippen LogP contribution in [-0.4, -0.2) is 25.6 Å². The number of carbonyl (C=O) groups excluding carboxylic acids is 1. The van der Waals surface area contributed by atoms with Gasteiger partial charge in [-0.25, -0.2) is 0 Å². The summed E-state index contributed by atoms with van der Waals surface area (Å²) in [5.41, 5.74) is 1.08. The third-order valence-corrected chi connectivity index (χ3v) is 8.98. The van der Waals surface area contributed by atoms with Crippen LogP contribution in [0.3, 0.4) is 0 Å². The molecule has 2 heterocycles. The van der Waals surface area contributed by atoms with Gasteiger partial charge in [0.05, 0.1) is 10.6 Å². The minimum Gasteiger partial charge on any atom is -0.317 e. The van der Waals surface area contributed by atoms with Crippen LogP contribution in [-0.2, 0) is 10.2 Å². The van der Waals surface area contributed by atoms with Gasteiger partial charge in [-0.2, -0.15) is 5.26 Å². The van der Waals surface area contributed by atoms with Crippen LogP contribution in [0.1, 0.15) is 49.2 Å². The summed E-state index contributed by atoms with van der Waals surface area (Å²) in [7, 11) is 0. The fourth-order valence-electron chi connectivity index (χ4n) is 6.82. The third-order valence-electron chi connectivity index (χ3n) is 7.89. The lowest BCUT2D eigenvalue weighted by molar-refractivity contribution is -0.384. The molecule has 4 saturated carbocycles. The van der Waals surface area contributed by atoms with Gasteiger partial charge in [-0.3, -0.25) is 20.2 Å². The van der Waals surface area contributed by atoms with Crippen LogP contribution in [0.5, 0.6) is 0 Å². The molecule has 2 aromatic heterocycles. The number of nitro benzene ring substituents is 1. The topological polar surface area (TPSA) is 127 Å². The molecular formula is C26H24N6O3S. The van der Waals surface area contributed by atoms with Crippen molar-refractivity contribution in [2.75, 3.05) is 5.32 Å². The molecule has 0 aliphatic heterocycles. The number of non-ortho nitro benzene ring substituents is 1. The number of nitriles is 1. The molecule has 0 spiro atoms. The largest absolute Gasteiger partial charge is 0.317 e. The predicted molar refractivity (Wildman–Crippen MR) is 134 cm³/mol. The zero-order valence-corrected chi connectivity index (χ0v) is 20.3. The van der Waals surface area contributed by atoms with Crippen molar-refractivity contribution < 1.29 is 9.72 Å². The number of nitrogens with zero attached hydrogens (tertiary/aromatic N) is 5. The smallest absolute Gasteiger partial charge is 0.271 e. The summed E-state index contributed by atoms with van der Waals surface area (Å²) < 4.78 is 1.69. The maximum atomic E-state index is 13.0. The molecule has 3 aromatic rings. The van der Waals surface area contributed by atoms with Crippen molar-refractivity contribution in [1.29, 1.82) is 5.26 Å². The molecule has 4 bridgehead atoms. The van der Waals surface area contributed by atoms with Gasteiger partial charge in [-0.1, -0.05) is 17.4 Å². The molecule has 1 aromatic carbocycles. The number of rotatable bonds is 6. The molecule has 36 heavy (non-hydrogen) atoms. The Bertz CT molecular complexity index is 1400. The fraction of sp³-hybridized carbons (Fsp3) is 0.385. The number of aromatic nitrogens is 3. The van der Waals surface area contributed by atoms with Crippen molar-refractivity contribution in [2.45, 2.75) is 43.9 Å². The van der Waals surface area contributed by atoms with E-state index in [1.807, 2.05) is 6.07 Å². The lowest BCUT2D eigenvalue weighted by Crippen LogP contribution is -2.48. The molecule has 10 heteroatoms. The van der Waals surface area contributed by atoms with Gasteiger partial charge in [0.2, 0.25) is 5.13 Å². The molecule has 0 unspecified atom stereocenters. The molecule has 4 fully saturated rings. The van der Waals surface area contributed by atoms with E-state index in [0.29, 0.717) is 16.5 Å². The molecule has 7 rings (SSSR count). The highest BCUT2D eigenvalue weighted by atomic mass is 32.1. The van der Waals surface area contributed by atoms with E-state index in [4.69, 9.17) is 0 Å². The van der Waals surface area contributed by atoms with Crippen molar-refractivity contribution in [3.63, 3.8) is 0 Å². The summed E-state index contributed by atoms with van der Waals surface area (Å²) >= 11 is 1.43. The van der Waals surface area contributed by atoms with Crippen LogP contribution < -0.4 is 5.32 Å². The van der Waals surface area contributed by atoms with Gasteiger partial charge in [-0.05, 0) is 80.6 Å². The predicted octanol–water partition coefficient (Wildman–Crippen LogP) is 5.25. The van der Waals surface area contributed by atoms with Crippen LogP contribution >= 0.6 is 11.3 Å². The van der Waals surface area contributed by atoms with Gasteiger partial charge >= 0.3 is 0 Å². The second-order valence-electron chi connectivity index (χ2n) is 10.3. The summed E-state index contributed by atoms with van der Waals surface area (Å²) in [6.07, 6.45) is 10.7. The summed E-state index contributed by atoms with van der Waals surface area (Å²) in [6, 6.07) is 11.6. The third kappa shape index (κ3) is 3.99. The number of nitrogens with one attached hydrogen (secondary N) is 1. The van der Waals surface area contributed by atoms with Gasteiger partial charge in [0, 0.05) is 29.4 Å². The van der Waals surface area contributed by atoms with Crippen molar-refractivity contribution in [3.05, 3.63) is 69.0 Å². The number of nitro groups is 1. The first-order chi connectivity index (χ1) is 17.4. The Balaban J connectivity index is 1.21. The minimum atomic E-state index is -0.558. The fourth-order valence-corrected chi connectivity index (χ4v) is 7.78. The standard InChI is InChI=1S/C26H24N6O3S/c27-15-19(10-20-5-2-6-31(20)21-3-1-4-22(11-21)32(34)35)23(33)28-25-30-29-24(36-25)26-12-16-7-17(13-26)9-18(8-16)14-26/h1-6,10-11,16-18H,7-9,12-14H2,(H,28,30,33). The molecule has 0 radical (unpaired) electrons. The van der Waals surface area contributed by atoms with E-state index in [1.165, 1.54) is 68.1 Å². The Kier molecular flexibility index (Phi) is 5.45. The normalized spacial score (nSPS) is 26.5. The van der Waals surface area contributed by atoms with Crippen molar-refractivity contribution >= 4 is 34.1 Å². The number of hydrogen-bond donors (Lipinski definition) is 1. The molecule has 0 atom stereocenters. The molecule has 4 aliphatic rings. The number of carbonyl (C=O) groups is 1. The van der Waals surface area contributed by atoms with Gasteiger partial charge in [0.1, 0.15) is 16.6 Å². The maximum Gasteiger partial charge on any atom is 0.271 e. The minimum absolute atomic E-state index is 0.0412. The zero-order valence-electron chi connectivity index (χ0n) is 19.5. The van der Waals surface area contributed by atoms with E-state index < -0.39 is 10.8 Å². The lowest BCUT2D eigenvalue weighted by atomic mass is 9.50. The molecule has 182 valence electrons. The van der Waals surface area contributed by atoms with Crippen molar-refractivity contribution in [1.82, 2.24) is 14.8 Å². The SMILES string of the molecule is N#CC(=Cc1cccn1-c1cccc([N+](=O)[O-])c1)C(=O)Nc1nnc(C23CC4CC(CC(C4)C2)C3)s1. The van der Waals surface area contributed by atoms with Crippen molar-refractivity contribution in [3.8, 4) is 11.8 Å². The van der Waals surface area contributed by atoms with Gasteiger partial charge in [-0.15, -0.1) is 10.2 Å². The van der Waals surface area contributed by atoms with E-state index in [0.717, 1.165) is 22.8 Å². The summed E-state index contributed by atoms with van der Waals surface area (Å²) in [5, 5.41) is 33.8. The van der Waals surface area contributed by atoms with Gasteiger partial charge in [0.15, 0.2) is 0 Å². The first-order valence-electron chi connectivity index (χ1n) is 12.1. The highest BCUT2D eigenvalue weighted by Gasteiger charge is 2.53. The Morgan fingerprint density at radius 2 is 1.89 bits per heavy atom. The number of hydrogen-bond acceptors (Lipinski definition) is 7. The second kappa shape index (κ2) is 8.68. The second-order valence-corrected chi connectivity index (χ2v) is 11.3. The number of benzene rings is 1. The van der Waals surface area contributed by atoms with Gasteiger partial charge in [0.25, 0.3) is 11.6 Å². The Morgan fingerprint density at radius 3 is 2.56 bits per heavy atom. The van der Waals surface area contributed by atoms with Crippen LogP contribution in [0.2, 0.25) is 0 Å². The molecular weight excluding hydrogens is 476 g/mol. The van der Waals surface area contributed by atoms with E-state index in [9.17, 15) is 20.2 Å². The van der Waals surface area contributed by atoms with Gasteiger partial charge < -0.3 is 4.57 Å². The van der Waals surface area contributed by atoms with E-state index in [2.05, 4.69) is 15.5 Å². The summed E-state index contributed by atoms with van der Waals surface area (Å²) in [5.74, 6) is 1.80. The monoisotopic (exact) mass is 500 g/mol. The molecule has 1 amide bonds. The molecule has 9 nitrogen and oxygen atoms in total. The van der Waals surface area contributed by atoms with Crippen LogP contribution in [0.25, 0.3) is 11.8 Å². The average molecular weight is 501 g/mol. The van der Waals surface area contributed by atoms with Crippen molar-refractivity contribution in [2.24, 2.45) is 17.8 Å². The quantitative estimate of drug-likeness (QED) is 0.213. The molecule has 0 saturated heterocycles. The average Bonchev–Trinajstić information content (AvgIpc) is 3.52. The number of amides is 1. The van der Waals surface area contributed by atoms with Crippen LogP contribution in [0.4, 0.5) is 10.8 Å². The van der Waals surface area contributed by atoms with E-state index in [1.54, 1.807) is 35.0 Å². The number of anilines is 1. The van der Waals surface area contributed by atoms with E-state index in [-0.39, 0.29) is 16.7 Å². The van der Waals surface area contributed by atoms with E-state index >= 15 is 0 Å². The Labute approximate surface area is 211 Å². The van der Waals surface area contributed by atoms with Crippen LogP contribution in [0.15, 0.2) is 48.2 Å². The maximum absolute atomic E-state index is 13.0. The summed E-state index contributed by atoms with van der Waals surface area (Å²) in [4.78, 5) is 23.6. The summed E-state index contributed by atoms with van der Waals surface area (Å²) in [6.45, 7) is 0.